The molecule has 6 heteroatoms. The Bertz CT molecular complexity index is 1630. The Morgan fingerprint density at radius 3 is 2.21 bits per heavy atom. The topological polar surface area (TPSA) is 48.3 Å². The van der Waals surface area contributed by atoms with Crippen LogP contribution in [0.15, 0.2) is 107 Å². The zero-order valence-electron chi connectivity index (χ0n) is 21.8. The third kappa shape index (κ3) is 3.75. The first kappa shape index (κ1) is 24.2. The molecule has 1 spiro atoms. The zero-order chi connectivity index (χ0) is 26.4. The Kier molecular flexibility index (Phi) is 5.92. The highest BCUT2D eigenvalue weighted by atomic mass is 32.2. The normalized spacial score (nSPS) is 18.3. The molecule has 4 aromatic carbocycles. The lowest BCUT2D eigenvalue weighted by atomic mass is 9.90. The number of para-hydroxylation sites is 2. The van der Waals surface area contributed by atoms with Crippen LogP contribution in [0, 0.1) is 20.8 Å². The fourth-order valence-corrected chi connectivity index (χ4v) is 6.40. The van der Waals surface area contributed by atoms with Crippen LogP contribution in [0.2, 0.25) is 0 Å². The van der Waals surface area contributed by atoms with Gasteiger partial charge in [-0.25, -0.2) is 10.0 Å². The summed E-state index contributed by atoms with van der Waals surface area (Å²) in [4.78, 5) is 11.9. The Balaban J connectivity index is 1.70. The van der Waals surface area contributed by atoms with E-state index in [1.807, 2.05) is 40.3 Å². The second-order valence-corrected chi connectivity index (χ2v) is 10.9. The molecule has 1 unspecified atom stereocenters. The molecule has 0 amide bonds. The van der Waals surface area contributed by atoms with Gasteiger partial charge in [-0.05, 0) is 67.9 Å². The highest BCUT2D eigenvalue weighted by molar-refractivity contribution is 8.17. The number of thioether (sulfide) groups is 1. The van der Waals surface area contributed by atoms with Gasteiger partial charge in [0.1, 0.15) is 0 Å². The summed E-state index contributed by atoms with van der Waals surface area (Å²) in [5, 5.41) is 14.8. The van der Waals surface area contributed by atoms with Gasteiger partial charge in [-0.1, -0.05) is 78.4 Å². The summed E-state index contributed by atoms with van der Waals surface area (Å²) < 4.78 is 0. The minimum atomic E-state index is -0.938. The average Bonchev–Trinajstić information content (AvgIpc) is 3.32. The third-order valence-corrected chi connectivity index (χ3v) is 8.44. The number of aryl methyl sites for hydroxylation is 3. The first-order chi connectivity index (χ1) is 18.4. The molecule has 2 heterocycles. The summed E-state index contributed by atoms with van der Waals surface area (Å²) in [6.07, 6.45) is 0. The van der Waals surface area contributed by atoms with Crippen molar-refractivity contribution in [3.05, 3.63) is 130 Å². The van der Waals surface area contributed by atoms with Gasteiger partial charge in [0.25, 0.3) is 0 Å². The summed E-state index contributed by atoms with van der Waals surface area (Å²) in [5.41, 5.74) is 9.29. The van der Waals surface area contributed by atoms with E-state index in [4.69, 9.17) is 10.2 Å². The van der Waals surface area contributed by atoms with Gasteiger partial charge in [-0.3, -0.25) is 4.79 Å². The van der Waals surface area contributed by atoms with Crippen molar-refractivity contribution >= 4 is 39.7 Å². The Labute approximate surface area is 227 Å². The van der Waals surface area contributed by atoms with Crippen molar-refractivity contribution in [2.75, 3.05) is 10.0 Å². The average molecular weight is 517 g/mol. The molecule has 0 saturated heterocycles. The van der Waals surface area contributed by atoms with Crippen LogP contribution < -0.4 is 10.0 Å². The smallest absolute Gasteiger partial charge is 0.234 e. The number of hydrazone groups is 2. The second kappa shape index (κ2) is 9.30. The molecule has 2 aliphatic heterocycles. The molecule has 1 atom stereocenters. The lowest BCUT2D eigenvalue weighted by Gasteiger charge is -2.47. The van der Waals surface area contributed by atoms with E-state index in [9.17, 15) is 4.79 Å². The number of anilines is 2. The Morgan fingerprint density at radius 2 is 1.45 bits per heavy atom. The predicted molar refractivity (Wildman–Crippen MR) is 158 cm³/mol. The van der Waals surface area contributed by atoms with Crippen LogP contribution in [-0.2, 0) is 9.79 Å². The molecule has 6 rings (SSSR count). The standard InChI is InChI=1S/C32H28N4OS/c1-21-18-19-22(2)27(20-21)30-26-15-9-10-16-28(26)32(35(33-30)25-13-6-5-7-14-25)36(34-31(38-32)24(4)37)29-17-11-8-12-23(29)3/h5-20H,1-4H3. The summed E-state index contributed by atoms with van der Waals surface area (Å²) >= 11 is 1.45. The molecule has 188 valence electrons. The minimum absolute atomic E-state index is 0.0692. The minimum Gasteiger partial charge on any atom is -0.292 e. The maximum Gasteiger partial charge on any atom is 0.234 e. The van der Waals surface area contributed by atoms with Crippen molar-refractivity contribution in [1.82, 2.24) is 0 Å². The highest BCUT2D eigenvalue weighted by Crippen LogP contribution is 2.55. The molecule has 0 N–H and O–H groups in total. The van der Waals surface area contributed by atoms with E-state index < -0.39 is 4.99 Å². The van der Waals surface area contributed by atoms with Crippen LogP contribution in [0.25, 0.3) is 0 Å². The van der Waals surface area contributed by atoms with E-state index in [1.54, 1.807) is 6.92 Å². The molecule has 0 saturated carbocycles. The van der Waals surface area contributed by atoms with Crippen LogP contribution >= 0.6 is 11.8 Å². The first-order valence-electron chi connectivity index (χ1n) is 12.7. The predicted octanol–water partition coefficient (Wildman–Crippen LogP) is 7.15. The van der Waals surface area contributed by atoms with E-state index >= 15 is 0 Å². The molecule has 38 heavy (non-hydrogen) atoms. The number of nitrogens with zero attached hydrogens (tertiary/aromatic N) is 4. The molecule has 0 aromatic heterocycles. The zero-order valence-corrected chi connectivity index (χ0v) is 22.7. The van der Waals surface area contributed by atoms with Gasteiger partial charge in [-0.15, -0.1) is 0 Å². The lowest BCUT2D eigenvalue weighted by molar-refractivity contribution is -0.110. The van der Waals surface area contributed by atoms with E-state index in [-0.39, 0.29) is 5.78 Å². The van der Waals surface area contributed by atoms with Crippen LogP contribution in [0.1, 0.15) is 40.3 Å². The number of carbonyl (C=O) groups is 1. The van der Waals surface area contributed by atoms with Crippen molar-refractivity contribution in [2.24, 2.45) is 10.2 Å². The molecule has 0 aliphatic carbocycles. The SMILES string of the molecule is CC(=O)C1=NN(c2ccccc2C)C2(S1)c1ccccc1C(c1cc(C)ccc1C)=NN2c1ccccc1. The maximum absolute atomic E-state index is 12.8. The Morgan fingerprint density at radius 1 is 0.737 bits per heavy atom. The fourth-order valence-electron chi connectivity index (χ4n) is 5.12. The number of Topliss-reactive ketones (excluding diaryl/α,β-unsaturated/α-hetero) is 1. The van der Waals surface area contributed by atoms with Crippen LogP contribution in [0.5, 0.6) is 0 Å². The largest absolute Gasteiger partial charge is 0.292 e. The fraction of sp³-hybridized carbons (Fsp3) is 0.156. The first-order valence-corrected chi connectivity index (χ1v) is 13.5. The summed E-state index contributed by atoms with van der Waals surface area (Å²) in [6, 6.07) is 33.1. The number of fused-ring (bicyclic) bond motifs is 2. The second-order valence-electron chi connectivity index (χ2n) is 9.73. The highest BCUT2D eigenvalue weighted by Gasteiger charge is 2.56. The van der Waals surface area contributed by atoms with Crippen molar-refractivity contribution in [1.29, 1.82) is 0 Å². The number of hydrogen-bond acceptors (Lipinski definition) is 6. The lowest BCUT2D eigenvalue weighted by Crippen LogP contribution is -2.54. The van der Waals surface area contributed by atoms with Crippen LogP contribution in [-0.4, -0.2) is 16.5 Å². The summed E-state index contributed by atoms with van der Waals surface area (Å²) in [5.74, 6) is -0.0692. The van der Waals surface area contributed by atoms with Gasteiger partial charge in [-0.2, -0.15) is 10.2 Å². The summed E-state index contributed by atoms with van der Waals surface area (Å²) in [7, 11) is 0. The van der Waals surface area contributed by atoms with Crippen molar-refractivity contribution in [2.45, 2.75) is 32.7 Å². The molecule has 2 aliphatic rings. The van der Waals surface area contributed by atoms with E-state index in [0.717, 1.165) is 44.9 Å². The molecule has 5 nitrogen and oxygen atoms in total. The molecule has 0 bridgehead atoms. The molecule has 4 aromatic rings. The summed E-state index contributed by atoms with van der Waals surface area (Å²) in [6.45, 7) is 7.88. The molecular formula is C32H28N4OS. The van der Waals surface area contributed by atoms with Crippen molar-refractivity contribution in [3.63, 3.8) is 0 Å². The monoisotopic (exact) mass is 516 g/mol. The quantitative estimate of drug-likeness (QED) is 0.289. The number of rotatable bonds is 4. The van der Waals surface area contributed by atoms with Crippen LogP contribution in [0.4, 0.5) is 11.4 Å². The van der Waals surface area contributed by atoms with Gasteiger partial charge in [0.05, 0.1) is 17.1 Å². The van der Waals surface area contributed by atoms with E-state index in [2.05, 4.69) is 87.5 Å². The van der Waals surface area contributed by atoms with Gasteiger partial charge < -0.3 is 0 Å². The molecular weight excluding hydrogens is 488 g/mol. The molecule has 0 radical (unpaired) electrons. The number of hydrogen-bond donors (Lipinski definition) is 0. The van der Waals surface area contributed by atoms with Crippen LogP contribution in [0.3, 0.4) is 0 Å². The van der Waals surface area contributed by atoms with E-state index in [0.29, 0.717) is 5.04 Å². The number of carbonyl (C=O) groups excluding carboxylic acids is 1. The number of ketones is 1. The Hall–Kier alpha value is -4.16. The van der Waals surface area contributed by atoms with Gasteiger partial charge in [0.2, 0.25) is 4.99 Å². The van der Waals surface area contributed by atoms with E-state index in [1.165, 1.54) is 17.3 Å². The van der Waals surface area contributed by atoms with Gasteiger partial charge in [0.15, 0.2) is 10.8 Å². The van der Waals surface area contributed by atoms with Gasteiger partial charge >= 0.3 is 0 Å². The molecule has 0 fully saturated rings. The van der Waals surface area contributed by atoms with Crippen molar-refractivity contribution < 1.29 is 4.79 Å². The number of benzene rings is 4. The third-order valence-electron chi connectivity index (χ3n) is 7.03. The van der Waals surface area contributed by atoms with Crippen molar-refractivity contribution in [3.8, 4) is 0 Å². The van der Waals surface area contributed by atoms with Gasteiger partial charge in [0, 0.05) is 23.6 Å². The maximum atomic E-state index is 12.8.